The quantitative estimate of drug-likeness (QED) is 0.513. The summed E-state index contributed by atoms with van der Waals surface area (Å²) in [6, 6.07) is 1.49. The number of carbonyl (C=O) groups excluding carboxylic acids is 1. The molecule has 0 bridgehead atoms. The molecule has 1 unspecified atom stereocenters. The summed E-state index contributed by atoms with van der Waals surface area (Å²) in [7, 11) is 1.80. The summed E-state index contributed by atoms with van der Waals surface area (Å²) in [4.78, 5) is 22.0. The van der Waals surface area contributed by atoms with E-state index in [9.17, 15) is 4.79 Å². The van der Waals surface area contributed by atoms with Gasteiger partial charge in [0.2, 0.25) is 5.91 Å². The minimum atomic E-state index is -0.208. The van der Waals surface area contributed by atoms with Crippen molar-refractivity contribution in [3.63, 3.8) is 0 Å². The molecule has 0 aromatic carbocycles. The third-order valence-electron chi connectivity index (χ3n) is 2.99. The zero-order valence-electron chi connectivity index (χ0n) is 10.6. The maximum atomic E-state index is 11.8. The molecule has 98 valence electrons. The lowest BCUT2D eigenvalue weighted by Crippen LogP contribution is -2.31. The van der Waals surface area contributed by atoms with Crippen LogP contribution in [0.5, 0.6) is 0 Å². The zero-order valence-corrected chi connectivity index (χ0v) is 10.6. The molecule has 1 amide bonds. The van der Waals surface area contributed by atoms with Crippen molar-refractivity contribution in [3.8, 4) is 0 Å². The Bertz CT molecular complexity index is 427. The topological polar surface area (TPSA) is 96.2 Å². The average molecular weight is 250 g/mol. The molecular weight excluding hydrogens is 232 g/mol. The van der Waals surface area contributed by atoms with E-state index in [2.05, 4.69) is 20.7 Å². The van der Waals surface area contributed by atoms with Gasteiger partial charge in [0.15, 0.2) is 0 Å². The van der Waals surface area contributed by atoms with Crippen molar-refractivity contribution in [1.29, 1.82) is 0 Å². The number of anilines is 2. The second kappa shape index (κ2) is 5.18. The molecule has 18 heavy (non-hydrogen) atoms. The summed E-state index contributed by atoms with van der Waals surface area (Å²) >= 11 is 0. The Morgan fingerprint density at radius 1 is 1.50 bits per heavy atom. The van der Waals surface area contributed by atoms with Gasteiger partial charge in [-0.3, -0.25) is 4.79 Å². The Kier molecular flexibility index (Phi) is 3.61. The van der Waals surface area contributed by atoms with Crippen LogP contribution in [0.4, 0.5) is 11.6 Å². The van der Waals surface area contributed by atoms with Gasteiger partial charge in [0, 0.05) is 26.1 Å². The fourth-order valence-electron chi connectivity index (χ4n) is 1.94. The van der Waals surface area contributed by atoms with Crippen LogP contribution < -0.4 is 16.6 Å². The molecule has 1 saturated heterocycles. The summed E-state index contributed by atoms with van der Waals surface area (Å²) < 4.78 is 0. The number of nitrogen functional groups attached to an aromatic ring is 1. The third-order valence-corrected chi connectivity index (χ3v) is 2.99. The predicted molar refractivity (Wildman–Crippen MR) is 68.9 cm³/mol. The van der Waals surface area contributed by atoms with Crippen LogP contribution in [0.25, 0.3) is 0 Å². The number of likely N-dealkylation sites (N-methyl/N-ethyl adjacent to an activating group) is 1. The number of nitrogens with two attached hydrogens (primary N) is 1. The molecule has 2 heterocycles. The molecule has 1 aromatic heterocycles. The SMILES string of the molecule is CCc1nc(NN)cc(NC2CCN(C)C2=O)n1. The number of amides is 1. The van der Waals surface area contributed by atoms with E-state index in [1.54, 1.807) is 18.0 Å². The monoisotopic (exact) mass is 250 g/mol. The van der Waals surface area contributed by atoms with Crippen molar-refractivity contribution in [3.05, 3.63) is 11.9 Å². The van der Waals surface area contributed by atoms with Crippen molar-refractivity contribution >= 4 is 17.5 Å². The molecule has 7 nitrogen and oxygen atoms in total. The number of carbonyl (C=O) groups is 1. The lowest BCUT2D eigenvalue weighted by Gasteiger charge is -2.14. The number of hydrogen-bond acceptors (Lipinski definition) is 6. The molecule has 1 fully saturated rings. The van der Waals surface area contributed by atoms with Crippen LogP contribution in [0.15, 0.2) is 6.07 Å². The van der Waals surface area contributed by atoms with Gasteiger partial charge in [0.05, 0.1) is 0 Å². The maximum absolute atomic E-state index is 11.8. The van der Waals surface area contributed by atoms with E-state index in [0.29, 0.717) is 23.9 Å². The van der Waals surface area contributed by atoms with Crippen LogP contribution in [0, 0.1) is 0 Å². The van der Waals surface area contributed by atoms with Crippen molar-refractivity contribution in [1.82, 2.24) is 14.9 Å². The number of rotatable bonds is 4. The number of aromatic nitrogens is 2. The molecule has 0 aliphatic carbocycles. The van der Waals surface area contributed by atoms with E-state index in [1.165, 1.54) is 0 Å². The highest BCUT2D eigenvalue weighted by Crippen LogP contribution is 2.16. The summed E-state index contributed by atoms with van der Waals surface area (Å²) in [5.41, 5.74) is 2.50. The van der Waals surface area contributed by atoms with E-state index in [1.807, 2.05) is 6.92 Å². The van der Waals surface area contributed by atoms with Crippen LogP contribution in [0.1, 0.15) is 19.2 Å². The molecule has 4 N–H and O–H groups in total. The van der Waals surface area contributed by atoms with E-state index >= 15 is 0 Å². The van der Waals surface area contributed by atoms with Gasteiger partial charge in [-0.1, -0.05) is 6.92 Å². The summed E-state index contributed by atoms with van der Waals surface area (Å²) in [5.74, 6) is 7.31. The van der Waals surface area contributed by atoms with Gasteiger partial charge in [0.25, 0.3) is 0 Å². The maximum Gasteiger partial charge on any atom is 0.244 e. The van der Waals surface area contributed by atoms with Gasteiger partial charge < -0.3 is 15.6 Å². The standard InChI is InChI=1S/C11H18N6O/c1-3-8-14-9(6-10(15-8)16-12)13-7-4-5-17(2)11(7)18/h6-7H,3-5,12H2,1-2H3,(H2,13,14,15,16). The molecule has 1 atom stereocenters. The van der Waals surface area contributed by atoms with Gasteiger partial charge >= 0.3 is 0 Å². The number of hydrogen-bond donors (Lipinski definition) is 3. The lowest BCUT2D eigenvalue weighted by molar-refractivity contribution is -0.127. The Labute approximate surface area is 106 Å². The Hall–Kier alpha value is -1.89. The number of hydrazine groups is 1. The first-order valence-electron chi connectivity index (χ1n) is 6.00. The second-order valence-electron chi connectivity index (χ2n) is 4.30. The second-order valence-corrected chi connectivity index (χ2v) is 4.30. The molecule has 1 aromatic rings. The van der Waals surface area contributed by atoms with E-state index < -0.39 is 0 Å². The molecule has 2 rings (SSSR count). The molecular formula is C11H18N6O. The highest BCUT2D eigenvalue weighted by atomic mass is 16.2. The minimum Gasteiger partial charge on any atom is -0.358 e. The molecule has 7 heteroatoms. The normalized spacial score (nSPS) is 19.2. The minimum absolute atomic E-state index is 0.0916. The molecule has 0 spiro atoms. The largest absolute Gasteiger partial charge is 0.358 e. The fourth-order valence-corrected chi connectivity index (χ4v) is 1.94. The Morgan fingerprint density at radius 2 is 2.22 bits per heavy atom. The van der Waals surface area contributed by atoms with Crippen LogP contribution in [0.2, 0.25) is 0 Å². The lowest BCUT2D eigenvalue weighted by atomic mass is 10.2. The number of nitrogens with zero attached hydrogens (tertiary/aromatic N) is 3. The highest BCUT2D eigenvalue weighted by molar-refractivity contribution is 5.86. The van der Waals surface area contributed by atoms with Crippen molar-refractivity contribution in [2.24, 2.45) is 5.84 Å². The van der Waals surface area contributed by atoms with Crippen LogP contribution in [0.3, 0.4) is 0 Å². The average Bonchev–Trinajstić information content (AvgIpc) is 2.70. The van der Waals surface area contributed by atoms with E-state index in [-0.39, 0.29) is 11.9 Å². The van der Waals surface area contributed by atoms with E-state index in [0.717, 1.165) is 13.0 Å². The molecule has 1 aliphatic rings. The van der Waals surface area contributed by atoms with Crippen molar-refractivity contribution in [2.75, 3.05) is 24.3 Å². The van der Waals surface area contributed by atoms with Gasteiger partial charge in [0.1, 0.15) is 23.5 Å². The van der Waals surface area contributed by atoms with Crippen LogP contribution in [-0.4, -0.2) is 40.4 Å². The smallest absolute Gasteiger partial charge is 0.244 e. The Morgan fingerprint density at radius 3 is 2.78 bits per heavy atom. The van der Waals surface area contributed by atoms with Gasteiger partial charge in [-0.05, 0) is 6.42 Å². The summed E-state index contributed by atoms with van der Waals surface area (Å²) in [6.07, 6.45) is 1.49. The first kappa shape index (κ1) is 12.6. The summed E-state index contributed by atoms with van der Waals surface area (Å²) in [5, 5.41) is 3.13. The van der Waals surface area contributed by atoms with Crippen molar-refractivity contribution < 1.29 is 4.79 Å². The predicted octanol–water partition coefficient (Wildman–Crippen LogP) is -0.0328. The first-order chi connectivity index (χ1) is 8.63. The number of likely N-dealkylation sites (tertiary alicyclic amines) is 1. The fraction of sp³-hybridized carbons (Fsp3) is 0.545. The zero-order chi connectivity index (χ0) is 13.1. The number of aryl methyl sites for hydroxylation is 1. The van der Waals surface area contributed by atoms with E-state index in [4.69, 9.17) is 5.84 Å². The first-order valence-corrected chi connectivity index (χ1v) is 6.00. The molecule has 0 radical (unpaired) electrons. The van der Waals surface area contributed by atoms with Crippen molar-refractivity contribution in [2.45, 2.75) is 25.8 Å². The highest BCUT2D eigenvalue weighted by Gasteiger charge is 2.29. The van der Waals surface area contributed by atoms with Crippen LogP contribution >= 0.6 is 0 Å². The van der Waals surface area contributed by atoms with Crippen LogP contribution in [-0.2, 0) is 11.2 Å². The molecule has 1 aliphatic heterocycles. The molecule has 0 saturated carbocycles. The third kappa shape index (κ3) is 2.51. The number of nitrogens with one attached hydrogen (secondary N) is 2. The summed E-state index contributed by atoms with van der Waals surface area (Å²) in [6.45, 7) is 2.73. The van der Waals surface area contributed by atoms with Gasteiger partial charge in [-0.25, -0.2) is 15.8 Å². The van der Waals surface area contributed by atoms with Gasteiger partial charge in [-0.15, -0.1) is 0 Å². The Balaban J connectivity index is 2.16. The van der Waals surface area contributed by atoms with Gasteiger partial charge in [-0.2, -0.15) is 0 Å².